The van der Waals surface area contributed by atoms with Crippen LogP contribution in [0.4, 0.5) is 5.69 Å². The Hall–Kier alpha value is -3.02. The average molecular weight is 353 g/mol. The number of ether oxygens (including phenoxy) is 3. The minimum Gasteiger partial charge on any atom is -0.469 e. The Bertz CT molecular complexity index is 878. The normalized spacial score (nSPS) is 20.5. The summed E-state index contributed by atoms with van der Waals surface area (Å²) in [5.74, 6) is 0.429. The summed E-state index contributed by atoms with van der Waals surface area (Å²) in [6.07, 6.45) is 0.514. The Morgan fingerprint density at radius 2 is 1.88 bits per heavy atom. The summed E-state index contributed by atoms with van der Waals surface area (Å²) in [7, 11) is 1.39. The number of hydrogen-bond acceptors (Lipinski definition) is 5. The highest BCUT2D eigenvalue weighted by Crippen LogP contribution is 2.40. The highest BCUT2D eigenvalue weighted by atomic mass is 16.7. The summed E-state index contributed by atoms with van der Waals surface area (Å²) >= 11 is 0. The van der Waals surface area contributed by atoms with Gasteiger partial charge in [0.25, 0.3) is 5.91 Å². The zero-order chi connectivity index (χ0) is 18.3. The maximum atomic E-state index is 13.2. The summed E-state index contributed by atoms with van der Waals surface area (Å²) in [6.45, 7) is 2.10. The predicted molar refractivity (Wildman–Crippen MR) is 94.7 cm³/mol. The zero-order valence-electron chi connectivity index (χ0n) is 14.6. The molecule has 1 amide bonds. The Balaban J connectivity index is 1.73. The number of anilines is 1. The van der Waals surface area contributed by atoms with Gasteiger partial charge in [0.1, 0.15) is 0 Å². The molecule has 6 nitrogen and oxygen atoms in total. The van der Waals surface area contributed by atoms with Crippen molar-refractivity contribution >= 4 is 17.6 Å². The lowest BCUT2D eigenvalue weighted by Gasteiger charge is -2.38. The number of carbonyl (C=O) groups is 2. The molecule has 0 N–H and O–H groups in total. The van der Waals surface area contributed by atoms with Crippen molar-refractivity contribution < 1.29 is 23.8 Å². The van der Waals surface area contributed by atoms with Gasteiger partial charge in [-0.1, -0.05) is 18.2 Å². The molecular weight excluding hydrogens is 334 g/mol. The Morgan fingerprint density at radius 3 is 2.69 bits per heavy atom. The molecule has 0 bridgehead atoms. The van der Waals surface area contributed by atoms with Gasteiger partial charge >= 0.3 is 5.97 Å². The Labute approximate surface area is 151 Å². The van der Waals surface area contributed by atoms with E-state index in [4.69, 9.17) is 14.2 Å². The van der Waals surface area contributed by atoms with E-state index in [0.29, 0.717) is 23.5 Å². The van der Waals surface area contributed by atoms with Gasteiger partial charge in [-0.15, -0.1) is 0 Å². The standard InChI is InChI=1S/C20H19NO5/c1-12-9-15(20(23)24-2)14-5-3-4-6-16(14)21(12)19(22)13-7-8-17-18(10-13)26-11-25-17/h3-8,10,12,15H,9,11H2,1-2H3. The van der Waals surface area contributed by atoms with Gasteiger partial charge in [0.15, 0.2) is 11.5 Å². The molecule has 2 aromatic carbocycles. The molecular formula is C20H19NO5. The van der Waals surface area contributed by atoms with Crippen LogP contribution >= 0.6 is 0 Å². The first kappa shape index (κ1) is 16.4. The Kier molecular flexibility index (Phi) is 4.03. The minimum atomic E-state index is -0.369. The third-order valence-electron chi connectivity index (χ3n) is 4.91. The SMILES string of the molecule is COC(=O)C1CC(C)N(C(=O)c2ccc3c(c2)OCO3)c2ccccc21. The van der Waals surface area contributed by atoms with E-state index in [0.717, 1.165) is 11.3 Å². The number of fused-ring (bicyclic) bond motifs is 2. The number of carbonyl (C=O) groups excluding carboxylic acids is 2. The van der Waals surface area contributed by atoms with Gasteiger partial charge < -0.3 is 19.1 Å². The zero-order valence-corrected chi connectivity index (χ0v) is 14.6. The van der Waals surface area contributed by atoms with Gasteiger partial charge in [0.05, 0.1) is 13.0 Å². The molecule has 0 saturated heterocycles. The van der Waals surface area contributed by atoms with Gasteiger partial charge in [0, 0.05) is 17.3 Å². The summed E-state index contributed by atoms with van der Waals surface area (Å²) < 4.78 is 15.6. The monoisotopic (exact) mass is 353 g/mol. The first-order valence-electron chi connectivity index (χ1n) is 8.50. The molecule has 2 aliphatic rings. The van der Waals surface area contributed by atoms with Gasteiger partial charge in [-0.05, 0) is 43.2 Å². The largest absolute Gasteiger partial charge is 0.469 e. The van der Waals surface area contributed by atoms with Crippen molar-refractivity contribution in [2.24, 2.45) is 0 Å². The van der Waals surface area contributed by atoms with Crippen LogP contribution in [0.15, 0.2) is 42.5 Å². The van der Waals surface area contributed by atoms with E-state index >= 15 is 0 Å². The molecule has 0 fully saturated rings. The Morgan fingerprint density at radius 1 is 1.12 bits per heavy atom. The molecule has 0 spiro atoms. The highest BCUT2D eigenvalue weighted by Gasteiger charge is 2.37. The molecule has 0 aliphatic carbocycles. The number of esters is 1. The lowest BCUT2D eigenvalue weighted by atomic mass is 9.85. The smallest absolute Gasteiger partial charge is 0.313 e. The van der Waals surface area contributed by atoms with Crippen LogP contribution in [0.5, 0.6) is 11.5 Å². The van der Waals surface area contributed by atoms with Crippen molar-refractivity contribution in [1.82, 2.24) is 0 Å². The molecule has 4 rings (SSSR count). The third-order valence-corrected chi connectivity index (χ3v) is 4.91. The summed E-state index contributed by atoms with van der Waals surface area (Å²) in [6, 6.07) is 12.5. The van der Waals surface area contributed by atoms with E-state index in [-0.39, 0.29) is 30.6 Å². The molecule has 0 radical (unpaired) electrons. The fourth-order valence-electron chi connectivity index (χ4n) is 3.66. The minimum absolute atomic E-state index is 0.133. The lowest BCUT2D eigenvalue weighted by molar-refractivity contribution is -0.142. The van der Waals surface area contributed by atoms with Crippen molar-refractivity contribution in [2.45, 2.75) is 25.3 Å². The third kappa shape index (κ3) is 2.58. The number of benzene rings is 2. The number of para-hydroxylation sites is 1. The number of hydrogen-bond donors (Lipinski definition) is 0. The van der Waals surface area contributed by atoms with E-state index in [2.05, 4.69) is 0 Å². The summed E-state index contributed by atoms with van der Waals surface area (Å²) in [5.41, 5.74) is 2.07. The van der Waals surface area contributed by atoms with Gasteiger partial charge in [-0.3, -0.25) is 9.59 Å². The van der Waals surface area contributed by atoms with Crippen LogP contribution in [0.1, 0.15) is 35.2 Å². The van der Waals surface area contributed by atoms with Crippen LogP contribution in [-0.2, 0) is 9.53 Å². The van der Waals surface area contributed by atoms with Crippen LogP contribution in [0.2, 0.25) is 0 Å². The number of rotatable bonds is 2. The van der Waals surface area contributed by atoms with Gasteiger partial charge in [-0.2, -0.15) is 0 Å². The van der Waals surface area contributed by atoms with Crippen molar-refractivity contribution in [3.63, 3.8) is 0 Å². The van der Waals surface area contributed by atoms with E-state index in [1.807, 2.05) is 31.2 Å². The second kappa shape index (κ2) is 6.37. The molecule has 2 aromatic rings. The molecule has 2 aliphatic heterocycles. The van der Waals surface area contributed by atoms with Crippen LogP contribution in [0.3, 0.4) is 0 Å². The van der Waals surface area contributed by atoms with E-state index in [9.17, 15) is 9.59 Å². The fraction of sp³-hybridized carbons (Fsp3) is 0.300. The first-order valence-corrected chi connectivity index (χ1v) is 8.50. The van der Waals surface area contributed by atoms with Crippen LogP contribution < -0.4 is 14.4 Å². The fourth-order valence-corrected chi connectivity index (χ4v) is 3.66. The molecule has 134 valence electrons. The molecule has 2 heterocycles. The van der Waals surface area contributed by atoms with Gasteiger partial charge in [0.2, 0.25) is 6.79 Å². The van der Waals surface area contributed by atoms with Gasteiger partial charge in [-0.25, -0.2) is 0 Å². The molecule has 2 unspecified atom stereocenters. The van der Waals surface area contributed by atoms with Crippen LogP contribution in [0, 0.1) is 0 Å². The molecule has 2 atom stereocenters. The summed E-state index contributed by atoms with van der Waals surface area (Å²) in [5, 5.41) is 0. The van der Waals surface area contributed by atoms with Crippen molar-refractivity contribution in [3.05, 3.63) is 53.6 Å². The van der Waals surface area contributed by atoms with E-state index in [1.54, 1.807) is 23.1 Å². The maximum absolute atomic E-state index is 13.2. The lowest BCUT2D eigenvalue weighted by Crippen LogP contribution is -2.44. The number of amides is 1. The molecule has 0 aromatic heterocycles. The quantitative estimate of drug-likeness (QED) is 0.776. The van der Waals surface area contributed by atoms with E-state index < -0.39 is 0 Å². The highest BCUT2D eigenvalue weighted by molar-refractivity contribution is 6.08. The predicted octanol–water partition coefficient (Wildman–Crippen LogP) is 3.11. The summed E-state index contributed by atoms with van der Waals surface area (Å²) in [4.78, 5) is 27.2. The first-order chi connectivity index (χ1) is 12.6. The average Bonchev–Trinajstić information content (AvgIpc) is 3.14. The van der Waals surface area contributed by atoms with Crippen molar-refractivity contribution in [1.29, 1.82) is 0 Å². The topological polar surface area (TPSA) is 65.1 Å². The van der Waals surface area contributed by atoms with Crippen LogP contribution in [-0.4, -0.2) is 31.8 Å². The number of methoxy groups -OCH3 is 1. The maximum Gasteiger partial charge on any atom is 0.313 e. The molecule has 0 saturated carbocycles. The molecule has 6 heteroatoms. The van der Waals surface area contributed by atoms with Crippen LogP contribution in [0.25, 0.3) is 0 Å². The second-order valence-electron chi connectivity index (χ2n) is 6.46. The number of nitrogens with zero attached hydrogens (tertiary/aromatic N) is 1. The van der Waals surface area contributed by atoms with Crippen molar-refractivity contribution in [2.75, 3.05) is 18.8 Å². The second-order valence-corrected chi connectivity index (χ2v) is 6.46. The molecule has 26 heavy (non-hydrogen) atoms. The van der Waals surface area contributed by atoms with E-state index in [1.165, 1.54) is 7.11 Å². The van der Waals surface area contributed by atoms with Crippen molar-refractivity contribution in [3.8, 4) is 11.5 Å².